The summed E-state index contributed by atoms with van der Waals surface area (Å²) >= 11 is 4.31. The topological polar surface area (TPSA) is 135 Å². The Bertz CT molecular complexity index is 852. The van der Waals surface area contributed by atoms with Gasteiger partial charge in [-0.15, -0.1) is 0 Å². The standard InChI is InChI=1S/C11H13BrN5O5PS/c1-24-23(19)20-2-4-7(22-23)6(18)10(21-4)17-9-5(16-11(17)12)8(13)14-3-15-9/h3-4,6-7,10,18H,2H2,1H3,(H2,13,14,15)/t4-,6?,7?,10-,23?/m1/s1. The second-order valence-corrected chi connectivity index (χ2v) is 10.1. The monoisotopic (exact) mass is 437 g/mol. The zero-order chi connectivity index (χ0) is 17.1. The second kappa shape index (κ2) is 5.90. The molecule has 0 bridgehead atoms. The van der Waals surface area contributed by atoms with E-state index in [1.165, 1.54) is 6.33 Å². The molecule has 2 fully saturated rings. The first-order valence-electron chi connectivity index (χ1n) is 6.89. The Morgan fingerprint density at radius 2 is 2.33 bits per heavy atom. The van der Waals surface area contributed by atoms with Crippen LogP contribution < -0.4 is 5.73 Å². The van der Waals surface area contributed by atoms with E-state index in [1.54, 1.807) is 10.8 Å². The minimum Gasteiger partial charge on any atom is -0.386 e. The predicted molar refractivity (Wildman–Crippen MR) is 89.3 cm³/mol. The van der Waals surface area contributed by atoms with Gasteiger partial charge in [0.2, 0.25) is 0 Å². The van der Waals surface area contributed by atoms with Crippen LogP contribution in [0.15, 0.2) is 11.1 Å². The zero-order valence-electron chi connectivity index (χ0n) is 12.3. The average Bonchev–Trinajstić information content (AvgIpc) is 3.05. The summed E-state index contributed by atoms with van der Waals surface area (Å²) in [5.41, 5.74) is 6.61. The highest BCUT2D eigenvalue weighted by atomic mass is 79.9. The minimum atomic E-state index is -3.28. The maximum atomic E-state index is 12.3. The third-order valence-corrected chi connectivity index (χ3v) is 7.79. The van der Waals surface area contributed by atoms with Crippen molar-refractivity contribution in [3.8, 4) is 0 Å². The maximum Gasteiger partial charge on any atom is 0.389 e. The largest absolute Gasteiger partial charge is 0.389 e. The molecule has 2 aliphatic heterocycles. The number of hydrogen-bond acceptors (Lipinski definition) is 10. The first-order chi connectivity index (χ1) is 11.4. The van der Waals surface area contributed by atoms with Gasteiger partial charge in [-0.2, -0.15) is 0 Å². The first-order valence-corrected chi connectivity index (χ1v) is 11.1. The van der Waals surface area contributed by atoms with Gasteiger partial charge in [-0.05, 0) is 33.6 Å². The van der Waals surface area contributed by atoms with Crippen LogP contribution in [-0.2, 0) is 18.3 Å². The molecule has 2 aromatic rings. The van der Waals surface area contributed by atoms with Crippen LogP contribution >= 0.6 is 34.1 Å². The van der Waals surface area contributed by atoms with Crippen molar-refractivity contribution < 1.29 is 23.5 Å². The molecule has 2 aliphatic rings. The Morgan fingerprint density at radius 1 is 1.54 bits per heavy atom. The first kappa shape index (κ1) is 16.7. The van der Waals surface area contributed by atoms with Gasteiger partial charge in [0.1, 0.15) is 24.6 Å². The Morgan fingerprint density at radius 3 is 3.08 bits per heavy atom. The van der Waals surface area contributed by atoms with Crippen LogP contribution in [0, 0.1) is 0 Å². The second-order valence-electron chi connectivity index (χ2n) is 5.23. The fraction of sp³-hybridized carbons (Fsp3) is 0.545. The van der Waals surface area contributed by atoms with E-state index < -0.39 is 31.3 Å². The van der Waals surface area contributed by atoms with Gasteiger partial charge in [0.05, 0.1) is 6.61 Å². The lowest BCUT2D eigenvalue weighted by Gasteiger charge is -2.30. The number of aromatic nitrogens is 4. The molecule has 3 N–H and O–H groups in total. The Hall–Kier alpha value is -0.750. The van der Waals surface area contributed by atoms with Crippen molar-refractivity contribution in [1.82, 2.24) is 19.5 Å². The molecule has 5 atom stereocenters. The molecule has 0 aromatic carbocycles. The molecule has 0 saturated carbocycles. The molecule has 2 saturated heterocycles. The van der Waals surface area contributed by atoms with Gasteiger partial charge in [0.15, 0.2) is 27.9 Å². The van der Waals surface area contributed by atoms with E-state index in [0.717, 1.165) is 11.4 Å². The van der Waals surface area contributed by atoms with E-state index in [9.17, 15) is 9.67 Å². The number of nitrogen functional groups attached to an aromatic ring is 1. The van der Waals surface area contributed by atoms with E-state index >= 15 is 0 Å². The zero-order valence-corrected chi connectivity index (χ0v) is 15.6. The van der Waals surface area contributed by atoms with E-state index in [2.05, 4.69) is 30.9 Å². The van der Waals surface area contributed by atoms with Gasteiger partial charge in [-0.1, -0.05) is 0 Å². The molecular formula is C11H13BrN5O5PS. The Kier molecular flexibility index (Phi) is 4.11. The average molecular weight is 438 g/mol. The van der Waals surface area contributed by atoms with Crippen LogP contribution in [0.4, 0.5) is 5.82 Å². The van der Waals surface area contributed by atoms with Crippen LogP contribution in [-0.4, -0.2) is 55.8 Å². The van der Waals surface area contributed by atoms with Crippen LogP contribution in [0.5, 0.6) is 0 Å². The van der Waals surface area contributed by atoms with E-state index in [0.29, 0.717) is 15.9 Å². The highest BCUT2D eigenvalue weighted by Gasteiger charge is 2.53. The van der Waals surface area contributed by atoms with Gasteiger partial charge < -0.3 is 15.6 Å². The number of aliphatic hydroxyl groups is 1. The van der Waals surface area contributed by atoms with E-state index in [1.807, 2.05) is 0 Å². The maximum absolute atomic E-state index is 12.3. The number of anilines is 1. The molecule has 2 aromatic heterocycles. The lowest BCUT2D eigenvalue weighted by molar-refractivity contribution is -0.0569. The highest BCUT2D eigenvalue weighted by molar-refractivity contribution is 9.10. The summed E-state index contributed by atoms with van der Waals surface area (Å²) in [6, 6.07) is 0. The van der Waals surface area contributed by atoms with Gasteiger partial charge in [-0.25, -0.2) is 19.5 Å². The number of nitrogens with two attached hydrogens (primary N) is 1. The van der Waals surface area contributed by atoms with E-state index in [-0.39, 0.29) is 12.4 Å². The number of nitrogens with zero attached hydrogens (tertiary/aromatic N) is 4. The third-order valence-electron chi connectivity index (χ3n) is 3.90. The predicted octanol–water partition coefficient (Wildman–Crippen LogP) is 1.32. The molecule has 130 valence electrons. The minimum absolute atomic E-state index is 0.0672. The van der Waals surface area contributed by atoms with Gasteiger partial charge in [0.25, 0.3) is 0 Å². The lowest BCUT2D eigenvalue weighted by atomic mass is 10.1. The van der Waals surface area contributed by atoms with Crippen LogP contribution in [0.25, 0.3) is 11.2 Å². The van der Waals surface area contributed by atoms with Gasteiger partial charge >= 0.3 is 6.80 Å². The Labute approximate surface area is 148 Å². The normalized spacial score (nSPS) is 36.1. The molecule has 0 amide bonds. The van der Waals surface area contributed by atoms with Gasteiger partial charge in [-0.3, -0.25) is 13.6 Å². The molecule has 0 radical (unpaired) electrons. The summed E-state index contributed by atoms with van der Waals surface area (Å²) in [6.07, 6.45) is -0.318. The SMILES string of the molecule is CSP1(=O)OC[C@H]2O[C@@H](n3c(Br)nc4c(N)ncnc43)C(O)C2O1. The van der Waals surface area contributed by atoms with Crippen LogP contribution in [0.1, 0.15) is 6.23 Å². The van der Waals surface area contributed by atoms with Crippen molar-refractivity contribution in [2.75, 3.05) is 18.6 Å². The van der Waals surface area contributed by atoms with Crippen molar-refractivity contribution in [3.05, 3.63) is 11.1 Å². The summed E-state index contributed by atoms with van der Waals surface area (Å²) in [7, 11) is 0. The number of aliphatic hydroxyl groups excluding tert-OH is 1. The number of rotatable bonds is 2. The third kappa shape index (κ3) is 2.48. The molecule has 0 aliphatic carbocycles. The van der Waals surface area contributed by atoms with Crippen molar-refractivity contribution >= 4 is 51.1 Å². The number of ether oxygens (including phenoxy) is 1. The lowest BCUT2D eigenvalue weighted by Crippen LogP contribution is -2.38. The summed E-state index contributed by atoms with van der Waals surface area (Å²) in [6.45, 7) is -3.21. The molecule has 4 heterocycles. The number of hydrogen-bond donors (Lipinski definition) is 2. The summed E-state index contributed by atoms with van der Waals surface area (Å²) in [5, 5.41) is 10.7. The smallest absolute Gasteiger partial charge is 0.386 e. The summed E-state index contributed by atoms with van der Waals surface area (Å²) in [5.74, 6) is 0.218. The van der Waals surface area contributed by atoms with Crippen molar-refractivity contribution in [2.45, 2.75) is 24.5 Å². The summed E-state index contributed by atoms with van der Waals surface area (Å²) < 4.78 is 30.8. The molecule has 10 nitrogen and oxygen atoms in total. The quantitative estimate of drug-likeness (QED) is 0.522. The molecular weight excluding hydrogens is 425 g/mol. The van der Waals surface area contributed by atoms with Crippen molar-refractivity contribution in [2.24, 2.45) is 0 Å². The fourth-order valence-electron chi connectivity index (χ4n) is 2.76. The number of imidazole rings is 1. The fourth-order valence-corrected chi connectivity index (χ4v) is 5.50. The Balaban J connectivity index is 1.73. The summed E-state index contributed by atoms with van der Waals surface area (Å²) in [4.78, 5) is 12.3. The van der Waals surface area contributed by atoms with Crippen LogP contribution in [0.3, 0.4) is 0 Å². The molecule has 4 rings (SSSR count). The van der Waals surface area contributed by atoms with Crippen molar-refractivity contribution in [3.63, 3.8) is 0 Å². The van der Waals surface area contributed by atoms with Crippen molar-refractivity contribution in [1.29, 1.82) is 0 Å². The number of fused-ring (bicyclic) bond motifs is 2. The molecule has 3 unspecified atom stereocenters. The molecule has 24 heavy (non-hydrogen) atoms. The number of halogens is 1. The highest BCUT2D eigenvalue weighted by Crippen LogP contribution is 2.64. The molecule has 0 spiro atoms. The molecule has 13 heteroatoms. The van der Waals surface area contributed by atoms with Crippen LogP contribution in [0.2, 0.25) is 0 Å². The van der Waals surface area contributed by atoms with E-state index in [4.69, 9.17) is 19.5 Å². The van der Waals surface area contributed by atoms with Gasteiger partial charge in [0, 0.05) is 0 Å².